The summed E-state index contributed by atoms with van der Waals surface area (Å²) in [5, 5.41) is 10.8. The minimum atomic E-state index is -0.883. The van der Waals surface area contributed by atoms with Gasteiger partial charge in [-0.2, -0.15) is 0 Å². The van der Waals surface area contributed by atoms with E-state index in [2.05, 4.69) is 15.9 Å². The third-order valence-corrected chi connectivity index (χ3v) is 3.94. The predicted molar refractivity (Wildman–Crippen MR) is 71.2 cm³/mol. The van der Waals surface area contributed by atoms with Gasteiger partial charge in [-0.1, -0.05) is 48.8 Å². The number of aliphatic hydroxyl groups is 1. The summed E-state index contributed by atoms with van der Waals surface area (Å²) in [6.45, 7) is 6.43. The molecule has 0 amide bonds. The Morgan fingerprint density at radius 3 is 2.44 bits per heavy atom. The molecule has 0 saturated heterocycles. The van der Waals surface area contributed by atoms with Crippen molar-refractivity contribution in [3.8, 4) is 0 Å². The first-order valence-electron chi connectivity index (χ1n) is 5.56. The first-order chi connectivity index (χ1) is 7.37. The molecule has 90 valence electrons. The molecule has 0 heterocycles. The van der Waals surface area contributed by atoms with Crippen LogP contribution in [0.15, 0.2) is 28.7 Å². The van der Waals surface area contributed by atoms with Gasteiger partial charge in [0.15, 0.2) is 0 Å². The Hall–Kier alpha value is -0.380. The maximum atomic E-state index is 10.8. The van der Waals surface area contributed by atoms with Crippen molar-refractivity contribution in [3.63, 3.8) is 0 Å². The molecular weight excluding hydrogens is 266 g/mol. The van der Waals surface area contributed by atoms with Crippen molar-refractivity contribution in [2.24, 2.45) is 11.1 Å². The number of hydrogen-bond acceptors (Lipinski definition) is 2. The summed E-state index contributed by atoms with van der Waals surface area (Å²) in [7, 11) is 0. The van der Waals surface area contributed by atoms with Gasteiger partial charge in [0.2, 0.25) is 0 Å². The number of rotatable bonds is 4. The molecule has 1 atom stereocenters. The second-order valence-corrected chi connectivity index (χ2v) is 5.73. The van der Waals surface area contributed by atoms with Gasteiger partial charge in [0, 0.05) is 16.4 Å². The molecule has 3 N–H and O–H groups in total. The summed E-state index contributed by atoms with van der Waals surface area (Å²) in [6, 6.07) is 7.80. The van der Waals surface area contributed by atoms with E-state index in [1.807, 2.05) is 45.0 Å². The summed E-state index contributed by atoms with van der Waals surface area (Å²) < 4.78 is 0.977. The van der Waals surface area contributed by atoms with Gasteiger partial charge in [-0.25, -0.2) is 0 Å². The quantitative estimate of drug-likeness (QED) is 0.893. The normalized spacial score (nSPS) is 15.9. The van der Waals surface area contributed by atoms with E-state index in [0.29, 0.717) is 13.0 Å². The van der Waals surface area contributed by atoms with Crippen molar-refractivity contribution in [3.05, 3.63) is 34.3 Å². The molecule has 1 aromatic rings. The summed E-state index contributed by atoms with van der Waals surface area (Å²) in [4.78, 5) is 0. The second kappa shape index (κ2) is 4.86. The van der Waals surface area contributed by atoms with E-state index < -0.39 is 5.60 Å². The third-order valence-electron chi connectivity index (χ3n) is 3.44. The molecule has 3 heteroatoms. The molecule has 0 aliphatic rings. The molecule has 0 saturated carbocycles. The van der Waals surface area contributed by atoms with Crippen molar-refractivity contribution in [2.45, 2.75) is 32.8 Å². The Bertz CT molecular complexity index is 365. The lowest BCUT2D eigenvalue weighted by atomic mass is 9.69. The minimum absolute atomic E-state index is 0.345. The average molecular weight is 286 g/mol. The summed E-state index contributed by atoms with van der Waals surface area (Å²) >= 11 is 3.43. The van der Waals surface area contributed by atoms with Crippen LogP contribution in [0, 0.1) is 5.41 Å². The van der Waals surface area contributed by atoms with Gasteiger partial charge in [-0.05, 0) is 24.1 Å². The highest BCUT2D eigenvalue weighted by Gasteiger charge is 2.42. The SMILES string of the molecule is CCC(O)(c1cccc(Br)c1)C(C)(C)CN. The van der Waals surface area contributed by atoms with E-state index in [0.717, 1.165) is 10.0 Å². The molecule has 0 aromatic heterocycles. The first-order valence-corrected chi connectivity index (χ1v) is 6.35. The van der Waals surface area contributed by atoms with Crippen LogP contribution in [-0.2, 0) is 5.60 Å². The molecule has 2 nitrogen and oxygen atoms in total. The monoisotopic (exact) mass is 285 g/mol. The average Bonchev–Trinajstić information content (AvgIpc) is 2.27. The van der Waals surface area contributed by atoms with Crippen LogP contribution in [0.1, 0.15) is 32.8 Å². The number of hydrogen-bond donors (Lipinski definition) is 2. The van der Waals surface area contributed by atoms with Gasteiger partial charge >= 0.3 is 0 Å². The fraction of sp³-hybridized carbons (Fsp3) is 0.538. The van der Waals surface area contributed by atoms with E-state index in [9.17, 15) is 5.11 Å². The van der Waals surface area contributed by atoms with Crippen LogP contribution in [0.4, 0.5) is 0 Å². The maximum absolute atomic E-state index is 10.8. The second-order valence-electron chi connectivity index (χ2n) is 4.81. The zero-order valence-corrected chi connectivity index (χ0v) is 11.7. The summed E-state index contributed by atoms with van der Waals surface area (Å²) in [5.74, 6) is 0. The van der Waals surface area contributed by atoms with Crippen LogP contribution in [0.3, 0.4) is 0 Å². The fourth-order valence-corrected chi connectivity index (χ4v) is 2.39. The van der Waals surface area contributed by atoms with Gasteiger partial charge in [0.1, 0.15) is 0 Å². The highest BCUT2D eigenvalue weighted by Crippen LogP contribution is 2.42. The molecule has 0 spiro atoms. The van der Waals surface area contributed by atoms with Gasteiger partial charge in [-0.15, -0.1) is 0 Å². The molecule has 0 aliphatic carbocycles. The predicted octanol–water partition coefficient (Wildman–Crippen LogP) is 3.03. The molecule has 16 heavy (non-hydrogen) atoms. The number of nitrogens with two attached hydrogens (primary N) is 1. The zero-order valence-electron chi connectivity index (χ0n) is 10.1. The van der Waals surface area contributed by atoms with Crippen molar-refractivity contribution in [2.75, 3.05) is 6.54 Å². The van der Waals surface area contributed by atoms with Crippen LogP contribution in [0.2, 0.25) is 0 Å². The first kappa shape index (κ1) is 13.7. The van der Waals surface area contributed by atoms with Crippen LogP contribution >= 0.6 is 15.9 Å². The Morgan fingerprint density at radius 1 is 1.38 bits per heavy atom. The molecule has 0 aliphatic heterocycles. The smallest absolute Gasteiger partial charge is 0.0956 e. The Kier molecular flexibility index (Phi) is 4.16. The van der Waals surface area contributed by atoms with E-state index in [4.69, 9.17) is 5.73 Å². The lowest BCUT2D eigenvalue weighted by Crippen LogP contribution is -2.46. The van der Waals surface area contributed by atoms with E-state index in [1.165, 1.54) is 0 Å². The fourth-order valence-electron chi connectivity index (χ4n) is 1.99. The van der Waals surface area contributed by atoms with Crippen molar-refractivity contribution >= 4 is 15.9 Å². The molecule has 1 aromatic carbocycles. The molecular formula is C13H20BrNO. The molecule has 1 rings (SSSR count). The van der Waals surface area contributed by atoms with E-state index >= 15 is 0 Å². The van der Waals surface area contributed by atoms with Crippen molar-refractivity contribution in [1.29, 1.82) is 0 Å². The summed E-state index contributed by atoms with van der Waals surface area (Å²) in [6.07, 6.45) is 0.646. The van der Waals surface area contributed by atoms with Crippen molar-refractivity contribution in [1.82, 2.24) is 0 Å². The highest BCUT2D eigenvalue weighted by atomic mass is 79.9. The maximum Gasteiger partial charge on any atom is 0.0956 e. The lowest BCUT2D eigenvalue weighted by Gasteiger charge is -2.42. The largest absolute Gasteiger partial charge is 0.385 e. The third kappa shape index (κ3) is 2.31. The van der Waals surface area contributed by atoms with E-state index in [1.54, 1.807) is 0 Å². The van der Waals surface area contributed by atoms with Gasteiger partial charge in [-0.3, -0.25) is 0 Å². The molecule has 1 unspecified atom stereocenters. The summed E-state index contributed by atoms with van der Waals surface area (Å²) in [5.41, 5.74) is 5.46. The van der Waals surface area contributed by atoms with E-state index in [-0.39, 0.29) is 5.41 Å². The van der Waals surface area contributed by atoms with Crippen LogP contribution in [0.5, 0.6) is 0 Å². The highest BCUT2D eigenvalue weighted by molar-refractivity contribution is 9.10. The topological polar surface area (TPSA) is 46.2 Å². The van der Waals surface area contributed by atoms with Crippen molar-refractivity contribution < 1.29 is 5.11 Å². The standard InChI is InChI=1S/C13H20BrNO/c1-4-13(16,12(2,3)9-15)10-6-5-7-11(14)8-10/h5-8,16H,4,9,15H2,1-3H3. The zero-order chi connectivity index (χ0) is 12.4. The van der Waals surface area contributed by atoms with Crippen LogP contribution < -0.4 is 5.73 Å². The minimum Gasteiger partial charge on any atom is -0.385 e. The van der Waals surface area contributed by atoms with Crippen LogP contribution in [0.25, 0.3) is 0 Å². The number of benzene rings is 1. The lowest BCUT2D eigenvalue weighted by molar-refractivity contribution is -0.0722. The number of halogens is 1. The Balaban J connectivity index is 3.25. The van der Waals surface area contributed by atoms with Gasteiger partial charge < -0.3 is 10.8 Å². The van der Waals surface area contributed by atoms with Gasteiger partial charge in [0.25, 0.3) is 0 Å². The van der Waals surface area contributed by atoms with Crippen LogP contribution in [-0.4, -0.2) is 11.7 Å². The molecule has 0 fully saturated rings. The molecule has 0 bridgehead atoms. The Morgan fingerprint density at radius 2 is 2.00 bits per heavy atom. The molecule has 0 radical (unpaired) electrons. The Labute approximate surface area is 106 Å². The van der Waals surface area contributed by atoms with Gasteiger partial charge in [0.05, 0.1) is 5.60 Å².